The van der Waals surface area contributed by atoms with Gasteiger partial charge in [0.15, 0.2) is 0 Å². The van der Waals surface area contributed by atoms with Crippen molar-refractivity contribution in [2.45, 2.75) is 64.8 Å². The van der Waals surface area contributed by atoms with Crippen LogP contribution in [0, 0.1) is 0 Å². The second-order valence-electron chi connectivity index (χ2n) is 8.00. The van der Waals surface area contributed by atoms with E-state index in [9.17, 15) is 19.2 Å². The van der Waals surface area contributed by atoms with E-state index in [1.54, 1.807) is 31.2 Å². The third-order valence-corrected chi connectivity index (χ3v) is 5.19. The van der Waals surface area contributed by atoms with Gasteiger partial charge >= 0.3 is 5.97 Å². The second kappa shape index (κ2) is 15.7. The van der Waals surface area contributed by atoms with Gasteiger partial charge in [-0.25, -0.2) is 10.7 Å². The van der Waals surface area contributed by atoms with Crippen molar-refractivity contribution < 1.29 is 28.8 Å². The van der Waals surface area contributed by atoms with Crippen LogP contribution in [0.2, 0.25) is 0 Å². The normalized spacial score (nSPS) is 13.1. The average molecular weight is 510 g/mol. The quantitative estimate of drug-likeness (QED) is 0.104. The molecule has 0 saturated heterocycles. The minimum atomic E-state index is -0.941. The number of methoxy groups -OCH3 is 1. The molecule has 1 rings (SSSR count). The molecular formula is C23H35N5O6S. The van der Waals surface area contributed by atoms with Gasteiger partial charge in [0.05, 0.1) is 18.7 Å². The Bertz CT molecular complexity index is 880. The largest absolute Gasteiger partial charge is 0.467 e. The number of benzene rings is 1. The van der Waals surface area contributed by atoms with Crippen LogP contribution in [-0.4, -0.2) is 60.5 Å². The molecule has 0 aliphatic heterocycles. The molecule has 1 aromatic rings. The fraction of sp³-hybridized carbons (Fsp3) is 0.522. The predicted molar refractivity (Wildman–Crippen MR) is 134 cm³/mol. The lowest BCUT2D eigenvalue weighted by atomic mass is 10.1. The molecule has 194 valence electrons. The summed E-state index contributed by atoms with van der Waals surface area (Å²) in [6, 6.07) is 3.92. The van der Waals surface area contributed by atoms with E-state index in [1.807, 2.05) is 0 Å². The fourth-order valence-electron chi connectivity index (χ4n) is 3.05. The summed E-state index contributed by atoms with van der Waals surface area (Å²) in [4.78, 5) is 54.9. The first-order chi connectivity index (χ1) is 16.6. The summed E-state index contributed by atoms with van der Waals surface area (Å²) in [6.07, 6.45) is 1.70. The molecule has 0 bridgehead atoms. The molecule has 0 radical (unpaired) electrons. The number of hydrogen-bond acceptors (Lipinski definition) is 8. The predicted octanol–water partition coefficient (Wildman–Crippen LogP) is 0.465. The van der Waals surface area contributed by atoms with E-state index < -0.39 is 41.8 Å². The van der Waals surface area contributed by atoms with Crippen molar-refractivity contribution in [1.82, 2.24) is 21.3 Å². The number of hydrogen-bond donors (Lipinski definition) is 5. The van der Waals surface area contributed by atoms with Gasteiger partial charge in [-0.3, -0.25) is 19.2 Å². The number of carbonyl (C=O) groups excluding carboxylic acids is 4. The SMILES string of the molecule is COC(=O)[C@H](C)NC(=O)[C@H](C)NC(=O)[C@H](CCCCNC(C)=S)NC(=O)c1ccc(CON)cc1. The monoisotopic (exact) mass is 509 g/mol. The molecule has 0 aromatic heterocycles. The molecule has 1 aromatic carbocycles. The van der Waals surface area contributed by atoms with E-state index in [4.69, 9.17) is 18.1 Å². The Morgan fingerprint density at radius 3 is 2.17 bits per heavy atom. The number of esters is 1. The van der Waals surface area contributed by atoms with Gasteiger partial charge in [-0.05, 0) is 57.7 Å². The third kappa shape index (κ3) is 11.3. The minimum absolute atomic E-state index is 0.205. The highest BCUT2D eigenvalue weighted by atomic mass is 32.1. The van der Waals surface area contributed by atoms with E-state index in [-0.39, 0.29) is 6.61 Å². The Kier molecular flexibility index (Phi) is 13.5. The molecule has 6 N–H and O–H groups in total. The van der Waals surface area contributed by atoms with Crippen LogP contribution in [0.1, 0.15) is 56.0 Å². The van der Waals surface area contributed by atoms with Crippen LogP contribution in [0.25, 0.3) is 0 Å². The first kappa shape index (κ1) is 29.9. The average Bonchev–Trinajstić information content (AvgIpc) is 2.82. The van der Waals surface area contributed by atoms with Crippen molar-refractivity contribution in [2.75, 3.05) is 13.7 Å². The summed E-state index contributed by atoms with van der Waals surface area (Å²) in [7, 11) is 1.21. The number of carbonyl (C=O) groups is 4. The summed E-state index contributed by atoms with van der Waals surface area (Å²) in [5.41, 5.74) is 1.15. The Morgan fingerprint density at radius 1 is 0.971 bits per heavy atom. The lowest BCUT2D eigenvalue weighted by Crippen LogP contribution is -2.54. The van der Waals surface area contributed by atoms with E-state index >= 15 is 0 Å². The Hall–Kier alpha value is -3.09. The fourth-order valence-corrected chi connectivity index (χ4v) is 3.15. The highest BCUT2D eigenvalue weighted by Crippen LogP contribution is 2.08. The van der Waals surface area contributed by atoms with Crippen LogP contribution >= 0.6 is 12.2 Å². The summed E-state index contributed by atoms with van der Waals surface area (Å²) in [5, 5.41) is 10.9. The second-order valence-corrected chi connectivity index (χ2v) is 8.61. The van der Waals surface area contributed by atoms with Crippen molar-refractivity contribution in [3.05, 3.63) is 35.4 Å². The third-order valence-electron chi connectivity index (χ3n) is 5.05. The Balaban J connectivity index is 2.82. The highest BCUT2D eigenvalue weighted by molar-refractivity contribution is 7.80. The molecule has 12 heteroatoms. The molecule has 0 saturated carbocycles. The van der Waals surface area contributed by atoms with Crippen molar-refractivity contribution in [3.8, 4) is 0 Å². The van der Waals surface area contributed by atoms with Gasteiger partial charge in [0.25, 0.3) is 5.91 Å². The van der Waals surface area contributed by atoms with E-state index in [0.717, 1.165) is 12.0 Å². The summed E-state index contributed by atoms with van der Waals surface area (Å²) >= 11 is 4.99. The molecule has 0 aliphatic carbocycles. The summed E-state index contributed by atoms with van der Waals surface area (Å²) < 4.78 is 4.58. The minimum Gasteiger partial charge on any atom is -0.467 e. The van der Waals surface area contributed by atoms with Crippen molar-refractivity contribution in [2.24, 2.45) is 5.90 Å². The van der Waals surface area contributed by atoms with Crippen LogP contribution in [0.5, 0.6) is 0 Å². The first-order valence-electron chi connectivity index (χ1n) is 11.2. The number of rotatable bonds is 14. The molecular weight excluding hydrogens is 474 g/mol. The molecule has 0 unspecified atom stereocenters. The molecule has 0 heterocycles. The lowest BCUT2D eigenvalue weighted by molar-refractivity contribution is -0.144. The number of unbranched alkanes of at least 4 members (excludes halogenated alkanes) is 1. The van der Waals surface area contributed by atoms with Gasteiger partial charge < -0.3 is 26.0 Å². The molecule has 35 heavy (non-hydrogen) atoms. The van der Waals surface area contributed by atoms with Crippen molar-refractivity contribution in [1.29, 1.82) is 0 Å². The first-order valence-corrected chi connectivity index (χ1v) is 11.6. The van der Waals surface area contributed by atoms with E-state index in [1.165, 1.54) is 21.0 Å². The summed E-state index contributed by atoms with van der Waals surface area (Å²) in [6.45, 7) is 5.59. The number of ether oxygens (including phenoxy) is 1. The maximum atomic E-state index is 12.9. The van der Waals surface area contributed by atoms with Crippen molar-refractivity contribution in [3.63, 3.8) is 0 Å². The molecule has 11 nitrogen and oxygen atoms in total. The zero-order valence-corrected chi connectivity index (χ0v) is 21.3. The van der Waals surface area contributed by atoms with Crippen molar-refractivity contribution >= 4 is 40.9 Å². The molecule has 3 atom stereocenters. The van der Waals surface area contributed by atoms with Gasteiger partial charge in [-0.15, -0.1) is 0 Å². The maximum absolute atomic E-state index is 12.9. The molecule has 0 aliphatic rings. The lowest BCUT2D eigenvalue weighted by Gasteiger charge is -2.22. The van der Waals surface area contributed by atoms with Gasteiger partial charge in [-0.1, -0.05) is 24.4 Å². The van der Waals surface area contributed by atoms with Gasteiger partial charge in [0.2, 0.25) is 11.8 Å². The van der Waals surface area contributed by atoms with Gasteiger partial charge in [-0.2, -0.15) is 0 Å². The molecule has 0 fully saturated rings. The number of nitrogens with two attached hydrogens (primary N) is 1. The zero-order valence-electron chi connectivity index (χ0n) is 20.5. The zero-order chi connectivity index (χ0) is 26.4. The summed E-state index contributed by atoms with van der Waals surface area (Å²) in [5.74, 6) is 2.95. The highest BCUT2D eigenvalue weighted by Gasteiger charge is 2.26. The Labute approximate surface area is 210 Å². The van der Waals surface area contributed by atoms with E-state index in [2.05, 4.69) is 30.8 Å². The smallest absolute Gasteiger partial charge is 0.328 e. The standard InChI is InChI=1S/C23H35N5O6S/c1-14(20(29)27-15(2)23(32)33-4)26-22(31)19(7-5-6-12-25-16(3)35)28-21(30)18-10-8-17(9-11-18)13-34-24/h8-11,14-15,19H,5-7,12-13,24H2,1-4H3,(H,25,35)(H,26,31)(H,27,29)(H,28,30)/t14-,15-,19-/m0/s1. The van der Waals surface area contributed by atoms with E-state index in [0.29, 0.717) is 29.9 Å². The molecule has 3 amide bonds. The van der Waals surface area contributed by atoms with Crippen LogP contribution in [0.15, 0.2) is 24.3 Å². The number of nitrogens with one attached hydrogen (secondary N) is 4. The van der Waals surface area contributed by atoms with Gasteiger partial charge in [0.1, 0.15) is 18.1 Å². The van der Waals surface area contributed by atoms with Gasteiger partial charge in [0, 0.05) is 12.1 Å². The number of amides is 3. The van der Waals surface area contributed by atoms with Crippen LogP contribution < -0.4 is 27.2 Å². The topological polar surface area (TPSA) is 161 Å². The molecule has 0 spiro atoms. The number of thiocarbonyl (C=S) groups is 1. The Morgan fingerprint density at radius 2 is 1.60 bits per heavy atom. The van der Waals surface area contributed by atoms with Crippen LogP contribution in [0.4, 0.5) is 0 Å². The maximum Gasteiger partial charge on any atom is 0.328 e. The van der Waals surface area contributed by atoms with Crippen LogP contribution in [0.3, 0.4) is 0 Å². The van der Waals surface area contributed by atoms with Crippen LogP contribution in [-0.2, 0) is 30.6 Å².